The Labute approximate surface area is 193 Å². The molecule has 0 spiro atoms. The van der Waals surface area contributed by atoms with E-state index >= 15 is 0 Å². The number of rotatable bonds is 2. The van der Waals surface area contributed by atoms with Crippen molar-refractivity contribution in [2.24, 2.45) is 0 Å². The fraction of sp³-hybridized carbons (Fsp3) is 0.280. The van der Waals surface area contributed by atoms with Gasteiger partial charge in [0.15, 0.2) is 0 Å². The molecule has 2 aliphatic rings. The number of alkyl halides is 3. The molecule has 0 unspecified atom stereocenters. The number of thiophene rings is 1. The quantitative estimate of drug-likeness (QED) is 0.508. The number of nitrogens with zero attached hydrogens (tertiary/aromatic N) is 2. The van der Waals surface area contributed by atoms with E-state index in [0.29, 0.717) is 28.4 Å². The third kappa shape index (κ3) is 4.04. The smallest absolute Gasteiger partial charge is 0.332 e. The summed E-state index contributed by atoms with van der Waals surface area (Å²) in [4.78, 5) is 30.5. The molecule has 8 heteroatoms. The average Bonchev–Trinajstić information content (AvgIpc) is 3.28. The molecule has 1 atom stereocenters. The molecule has 0 saturated carbocycles. The van der Waals surface area contributed by atoms with E-state index in [0.717, 1.165) is 41.0 Å². The fourth-order valence-electron chi connectivity index (χ4n) is 4.63. The molecule has 0 N–H and O–H groups in total. The molecule has 0 bridgehead atoms. The van der Waals surface area contributed by atoms with E-state index in [1.807, 2.05) is 24.0 Å². The van der Waals surface area contributed by atoms with Gasteiger partial charge in [0.05, 0.1) is 16.5 Å². The van der Waals surface area contributed by atoms with E-state index in [-0.39, 0.29) is 24.4 Å². The number of hydrogen-bond acceptors (Lipinski definition) is 3. The van der Waals surface area contributed by atoms with Gasteiger partial charge >= 0.3 is 6.18 Å². The first kappa shape index (κ1) is 21.7. The lowest BCUT2D eigenvalue weighted by molar-refractivity contribution is -0.139. The summed E-state index contributed by atoms with van der Waals surface area (Å²) in [5, 5.41) is 0. The fourth-order valence-corrected chi connectivity index (χ4v) is 5.60. The van der Waals surface area contributed by atoms with Crippen LogP contribution in [0.1, 0.15) is 38.0 Å². The van der Waals surface area contributed by atoms with Crippen molar-refractivity contribution >= 4 is 23.2 Å². The summed E-state index contributed by atoms with van der Waals surface area (Å²) < 4.78 is 39.2. The molecule has 33 heavy (non-hydrogen) atoms. The lowest BCUT2D eigenvalue weighted by atomic mass is 9.89. The van der Waals surface area contributed by atoms with E-state index in [1.54, 1.807) is 23.1 Å². The van der Waals surface area contributed by atoms with Gasteiger partial charge < -0.3 is 9.80 Å². The van der Waals surface area contributed by atoms with Crippen molar-refractivity contribution in [3.8, 4) is 10.4 Å². The number of carbonyl (C=O) groups is 2. The highest BCUT2D eigenvalue weighted by Crippen LogP contribution is 2.37. The van der Waals surface area contributed by atoms with Crippen LogP contribution in [0.3, 0.4) is 0 Å². The zero-order valence-corrected chi connectivity index (χ0v) is 18.7. The first-order valence-electron chi connectivity index (χ1n) is 10.7. The summed E-state index contributed by atoms with van der Waals surface area (Å²) >= 11 is 1.14. The third-order valence-electron chi connectivity index (χ3n) is 6.27. The first-order valence-corrected chi connectivity index (χ1v) is 11.5. The van der Waals surface area contributed by atoms with E-state index in [4.69, 9.17) is 0 Å². The minimum absolute atomic E-state index is 0.00726. The van der Waals surface area contributed by atoms with Gasteiger partial charge in [-0.1, -0.05) is 35.9 Å². The van der Waals surface area contributed by atoms with Crippen LogP contribution in [0.25, 0.3) is 10.4 Å². The zero-order chi connectivity index (χ0) is 23.3. The molecule has 0 aliphatic carbocycles. The van der Waals surface area contributed by atoms with Gasteiger partial charge in [0.1, 0.15) is 6.54 Å². The minimum Gasteiger partial charge on any atom is -0.332 e. The second kappa shape index (κ2) is 8.02. The van der Waals surface area contributed by atoms with Gasteiger partial charge in [-0.25, -0.2) is 0 Å². The van der Waals surface area contributed by atoms with Crippen molar-refractivity contribution in [1.29, 1.82) is 0 Å². The maximum absolute atomic E-state index is 13.2. The first-order chi connectivity index (χ1) is 15.7. The summed E-state index contributed by atoms with van der Waals surface area (Å²) in [5.41, 5.74) is 3.13. The Morgan fingerprint density at radius 3 is 2.70 bits per heavy atom. The molecule has 170 valence electrons. The summed E-state index contributed by atoms with van der Waals surface area (Å²) in [6.07, 6.45) is -3.63. The molecular weight excluding hydrogens is 449 g/mol. The number of amides is 2. The lowest BCUT2D eigenvalue weighted by Gasteiger charge is -2.44. The highest BCUT2D eigenvalue weighted by atomic mass is 32.1. The molecule has 5 rings (SSSR count). The van der Waals surface area contributed by atoms with Crippen molar-refractivity contribution in [2.45, 2.75) is 25.6 Å². The Kier molecular flexibility index (Phi) is 5.28. The highest BCUT2D eigenvalue weighted by Gasteiger charge is 2.39. The number of fused-ring (bicyclic) bond motifs is 3. The van der Waals surface area contributed by atoms with Crippen LogP contribution in [0.2, 0.25) is 0 Å². The van der Waals surface area contributed by atoms with Crippen LogP contribution in [0.4, 0.5) is 13.2 Å². The van der Waals surface area contributed by atoms with Crippen LogP contribution in [0.15, 0.2) is 54.6 Å². The van der Waals surface area contributed by atoms with Gasteiger partial charge in [0, 0.05) is 18.0 Å². The van der Waals surface area contributed by atoms with Crippen molar-refractivity contribution in [1.82, 2.24) is 9.80 Å². The molecule has 3 aromatic rings. The van der Waals surface area contributed by atoms with Crippen molar-refractivity contribution in [2.75, 3.05) is 19.6 Å². The maximum Gasteiger partial charge on any atom is 0.416 e. The topological polar surface area (TPSA) is 40.6 Å². The normalized spacial score (nSPS) is 18.2. The standard InChI is InChI=1S/C25H21F3N2O2S/c1-15-5-6-19-16(11-15)9-10-30-20(19)13-29(14-23(30)31)24(32)22-8-7-21(33-22)17-3-2-4-18(12-17)25(26,27)28/h2-8,11-12,20H,9-10,13-14H2,1H3/t20-/m1/s1. The van der Waals surface area contributed by atoms with Crippen LogP contribution in [0, 0.1) is 6.92 Å². The summed E-state index contributed by atoms with van der Waals surface area (Å²) in [6.45, 7) is 3.08. The Balaban J connectivity index is 1.39. The third-order valence-corrected chi connectivity index (χ3v) is 7.40. The monoisotopic (exact) mass is 470 g/mol. The Morgan fingerprint density at radius 2 is 1.91 bits per heavy atom. The minimum atomic E-state index is -4.43. The number of hydrogen-bond donors (Lipinski definition) is 0. The van der Waals surface area contributed by atoms with Gasteiger partial charge in [-0.3, -0.25) is 9.59 Å². The predicted octanol–water partition coefficient (Wildman–Crippen LogP) is 5.32. The van der Waals surface area contributed by atoms with Gasteiger partial charge in [0.2, 0.25) is 5.91 Å². The SMILES string of the molecule is Cc1ccc2c(c1)CCN1C(=O)CN(C(=O)c3ccc(-c4cccc(C(F)(F)F)c4)s3)C[C@H]21. The zero-order valence-electron chi connectivity index (χ0n) is 17.9. The van der Waals surface area contributed by atoms with Gasteiger partial charge in [0.25, 0.3) is 5.91 Å². The number of piperazine rings is 1. The molecule has 2 aliphatic heterocycles. The number of halogens is 3. The van der Waals surface area contributed by atoms with Crippen molar-refractivity contribution in [3.63, 3.8) is 0 Å². The summed E-state index contributed by atoms with van der Waals surface area (Å²) in [7, 11) is 0. The second-order valence-electron chi connectivity index (χ2n) is 8.48. The molecule has 1 saturated heterocycles. The largest absolute Gasteiger partial charge is 0.416 e. The van der Waals surface area contributed by atoms with Crippen LogP contribution in [-0.2, 0) is 17.4 Å². The number of aryl methyl sites for hydroxylation is 1. The number of carbonyl (C=O) groups excluding carboxylic acids is 2. The summed E-state index contributed by atoms with van der Waals surface area (Å²) in [6, 6.07) is 14.4. The molecule has 0 radical (unpaired) electrons. The molecular formula is C25H21F3N2O2S. The van der Waals surface area contributed by atoms with Crippen LogP contribution in [0.5, 0.6) is 0 Å². The molecule has 2 amide bonds. The number of benzene rings is 2. The van der Waals surface area contributed by atoms with Crippen molar-refractivity contribution < 1.29 is 22.8 Å². The lowest BCUT2D eigenvalue weighted by Crippen LogP contribution is -2.55. The Hall–Kier alpha value is -3.13. The molecule has 2 aromatic carbocycles. The molecule has 4 nitrogen and oxygen atoms in total. The highest BCUT2D eigenvalue weighted by molar-refractivity contribution is 7.17. The van der Waals surface area contributed by atoms with E-state index in [2.05, 4.69) is 6.07 Å². The molecule has 3 heterocycles. The van der Waals surface area contributed by atoms with E-state index in [1.165, 1.54) is 11.6 Å². The molecule has 1 aromatic heterocycles. The van der Waals surface area contributed by atoms with E-state index in [9.17, 15) is 22.8 Å². The van der Waals surface area contributed by atoms with Crippen LogP contribution < -0.4 is 0 Å². The van der Waals surface area contributed by atoms with Crippen LogP contribution >= 0.6 is 11.3 Å². The van der Waals surface area contributed by atoms with E-state index < -0.39 is 11.7 Å². The summed E-state index contributed by atoms with van der Waals surface area (Å²) in [5.74, 6) is -0.356. The van der Waals surface area contributed by atoms with Gasteiger partial charge in [-0.15, -0.1) is 11.3 Å². The Bertz CT molecular complexity index is 1250. The average molecular weight is 471 g/mol. The Morgan fingerprint density at radius 1 is 1.09 bits per heavy atom. The van der Waals surface area contributed by atoms with Crippen LogP contribution in [-0.4, -0.2) is 41.2 Å². The molecule has 1 fully saturated rings. The second-order valence-corrected chi connectivity index (χ2v) is 9.57. The van der Waals surface area contributed by atoms with Crippen molar-refractivity contribution in [3.05, 3.63) is 81.7 Å². The van der Waals surface area contributed by atoms with Gasteiger partial charge in [-0.2, -0.15) is 13.2 Å². The van der Waals surface area contributed by atoms with Gasteiger partial charge in [-0.05, 0) is 54.3 Å². The maximum atomic E-state index is 13.2. The predicted molar refractivity (Wildman–Crippen MR) is 120 cm³/mol.